The lowest BCUT2D eigenvalue weighted by atomic mass is 9.81. The molecule has 0 spiro atoms. The van der Waals surface area contributed by atoms with Crippen LogP contribution >= 0.6 is 0 Å². The van der Waals surface area contributed by atoms with Gasteiger partial charge in [0.25, 0.3) is 0 Å². The van der Waals surface area contributed by atoms with Crippen molar-refractivity contribution in [2.75, 3.05) is 6.61 Å². The zero-order valence-corrected chi connectivity index (χ0v) is 13.6. The van der Waals surface area contributed by atoms with Gasteiger partial charge in [-0.05, 0) is 30.7 Å². The summed E-state index contributed by atoms with van der Waals surface area (Å²) in [7, 11) is 0. The number of rotatable bonds is 6. The Hall–Kier alpha value is -0.860. The lowest BCUT2D eigenvalue weighted by Gasteiger charge is -2.39. The van der Waals surface area contributed by atoms with Crippen molar-refractivity contribution in [1.29, 1.82) is 0 Å². The molecule has 2 heteroatoms. The first-order valence-electron chi connectivity index (χ1n) is 8.60. The first-order chi connectivity index (χ1) is 10.2. The summed E-state index contributed by atoms with van der Waals surface area (Å²) in [5, 5.41) is 14.1. The average molecular weight is 289 g/mol. The van der Waals surface area contributed by atoms with E-state index in [-0.39, 0.29) is 12.1 Å². The standard InChI is InChI=1S/C19H31NO/c1-16(2)14-19(15-21,17-10-6-5-7-11-17)20-18-12-8-3-4-9-13-18/h5-7,10-11,16,18,20-21H,3-4,8-9,12-15H2,1-2H3. The van der Waals surface area contributed by atoms with Gasteiger partial charge in [-0.25, -0.2) is 0 Å². The molecular formula is C19H31NO. The summed E-state index contributed by atoms with van der Waals surface area (Å²) >= 11 is 0. The first-order valence-corrected chi connectivity index (χ1v) is 8.60. The molecule has 2 nitrogen and oxygen atoms in total. The third-order valence-corrected chi connectivity index (χ3v) is 4.69. The van der Waals surface area contributed by atoms with Crippen LogP contribution < -0.4 is 5.32 Å². The third kappa shape index (κ3) is 4.55. The molecule has 1 aliphatic rings. The molecular weight excluding hydrogens is 258 g/mol. The maximum Gasteiger partial charge on any atom is 0.0673 e. The highest BCUT2D eigenvalue weighted by atomic mass is 16.3. The molecule has 1 unspecified atom stereocenters. The minimum atomic E-state index is -0.287. The highest BCUT2D eigenvalue weighted by molar-refractivity contribution is 5.25. The van der Waals surface area contributed by atoms with Crippen molar-refractivity contribution in [3.8, 4) is 0 Å². The summed E-state index contributed by atoms with van der Waals surface area (Å²) < 4.78 is 0. The molecule has 2 rings (SSSR count). The van der Waals surface area contributed by atoms with Crippen molar-refractivity contribution in [3.63, 3.8) is 0 Å². The topological polar surface area (TPSA) is 32.3 Å². The van der Waals surface area contributed by atoms with Crippen LogP contribution in [0, 0.1) is 5.92 Å². The van der Waals surface area contributed by atoms with Crippen LogP contribution in [0.2, 0.25) is 0 Å². The maximum absolute atomic E-state index is 10.2. The Balaban J connectivity index is 2.21. The smallest absolute Gasteiger partial charge is 0.0673 e. The van der Waals surface area contributed by atoms with Gasteiger partial charge in [0.05, 0.1) is 12.1 Å². The van der Waals surface area contributed by atoms with Gasteiger partial charge in [-0.1, -0.05) is 69.9 Å². The maximum atomic E-state index is 10.2. The Kier molecular flexibility index (Phi) is 6.25. The van der Waals surface area contributed by atoms with E-state index in [9.17, 15) is 5.11 Å². The molecule has 0 saturated heterocycles. The molecule has 2 N–H and O–H groups in total. The molecule has 0 amide bonds. The second-order valence-corrected chi connectivity index (χ2v) is 7.04. The van der Waals surface area contributed by atoms with E-state index in [0.29, 0.717) is 12.0 Å². The van der Waals surface area contributed by atoms with Gasteiger partial charge in [0, 0.05) is 6.04 Å². The Labute approximate surface area is 130 Å². The molecule has 1 atom stereocenters. The van der Waals surface area contributed by atoms with Gasteiger partial charge < -0.3 is 10.4 Å². The molecule has 0 aliphatic heterocycles. The lowest BCUT2D eigenvalue weighted by Crippen LogP contribution is -2.51. The number of benzene rings is 1. The normalized spacial score (nSPS) is 20.2. The molecule has 1 aromatic rings. The van der Waals surface area contributed by atoms with Crippen molar-refractivity contribution in [1.82, 2.24) is 5.32 Å². The van der Waals surface area contributed by atoms with Crippen molar-refractivity contribution >= 4 is 0 Å². The van der Waals surface area contributed by atoms with Crippen molar-refractivity contribution < 1.29 is 5.11 Å². The van der Waals surface area contributed by atoms with E-state index in [4.69, 9.17) is 0 Å². The van der Waals surface area contributed by atoms with Crippen molar-refractivity contribution in [2.45, 2.75) is 70.4 Å². The van der Waals surface area contributed by atoms with Gasteiger partial charge in [0.1, 0.15) is 0 Å². The van der Waals surface area contributed by atoms with Gasteiger partial charge in [-0.3, -0.25) is 0 Å². The Morgan fingerprint density at radius 3 is 2.24 bits per heavy atom. The summed E-state index contributed by atoms with van der Waals surface area (Å²) in [5.74, 6) is 0.552. The van der Waals surface area contributed by atoms with E-state index >= 15 is 0 Å². The van der Waals surface area contributed by atoms with Crippen LogP contribution in [-0.4, -0.2) is 17.8 Å². The Bertz CT molecular complexity index is 395. The predicted molar refractivity (Wildman–Crippen MR) is 89.3 cm³/mol. The largest absolute Gasteiger partial charge is 0.394 e. The zero-order chi connectivity index (χ0) is 15.1. The highest BCUT2D eigenvalue weighted by Crippen LogP contribution is 2.31. The van der Waals surface area contributed by atoms with E-state index in [1.165, 1.54) is 44.1 Å². The van der Waals surface area contributed by atoms with Crippen molar-refractivity contribution in [3.05, 3.63) is 35.9 Å². The summed E-state index contributed by atoms with van der Waals surface area (Å²) in [6, 6.07) is 11.1. The average Bonchev–Trinajstić information content (AvgIpc) is 2.75. The minimum absolute atomic E-state index is 0.172. The van der Waals surface area contributed by atoms with Crippen molar-refractivity contribution in [2.24, 2.45) is 5.92 Å². The van der Waals surface area contributed by atoms with E-state index < -0.39 is 0 Å². The van der Waals surface area contributed by atoms with Crippen LogP contribution in [0.15, 0.2) is 30.3 Å². The van der Waals surface area contributed by atoms with Crippen LogP contribution in [-0.2, 0) is 5.54 Å². The number of aliphatic hydroxyl groups is 1. The zero-order valence-electron chi connectivity index (χ0n) is 13.6. The predicted octanol–water partition coefficient (Wildman–Crippen LogP) is 4.23. The third-order valence-electron chi connectivity index (χ3n) is 4.69. The van der Waals surface area contributed by atoms with Crippen LogP contribution in [0.5, 0.6) is 0 Å². The monoisotopic (exact) mass is 289 g/mol. The van der Waals surface area contributed by atoms with Crippen LogP contribution in [0.25, 0.3) is 0 Å². The van der Waals surface area contributed by atoms with Gasteiger partial charge >= 0.3 is 0 Å². The van der Waals surface area contributed by atoms with E-state index in [1.807, 2.05) is 6.07 Å². The van der Waals surface area contributed by atoms with E-state index in [0.717, 1.165) is 6.42 Å². The second kappa shape index (κ2) is 7.95. The molecule has 1 aliphatic carbocycles. The highest BCUT2D eigenvalue weighted by Gasteiger charge is 2.34. The fourth-order valence-corrected chi connectivity index (χ4v) is 3.73. The summed E-state index contributed by atoms with van der Waals surface area (Å²) in [6.45, 7) is 4.65. The Morgan fingerprint density at radius 1 is 1.10 bits per heavy atom. The molecule has 0 bridgehead atoms. The van der Waals surface area contributed by atoms with E-state index in [2.05, 4.69) is 43.4 Å². The summed E-state index contributed by atoms with van der Waals surface area (Å²) in [4.78, 5) is 0. The molecule has 1 saturated carbocycles. The number of hydrogen-bond acceptors (Lipinski definition) is 2. The fourth-order valence-electron chi connectivity index (χ4n) is 3.73. The second-order valence-electron chi connectivity index (χ2n) is 7.04. The van der Waals surface area contributed by atoms with Gasteiger partial charge in [-0.15, -0.1) is 0 Å². The van der Waals surface area contributed by atoms with E-state index in [1.54, 1.807) is 0 Å². The molecule has 118 valence electrons. The minimum Gasteiger partial charge on any atom is -0.394 e. The van der Waals surface area contributed by atoms with Gasteiger partial charge in [0.2, 0.25) is 0 Å². The number of hydrogen-bond donors (Lipinski definition) is 2. The summed E-state index contributed by atoms with van der Waals surface area (Å²) in [6.07, 6.45) is 8.81. The molecule has 0 radical (unpaired) electrons. The molecule has 21 heavy (non-hydrogen) atoms. The lowest BCUT2D eigenvalue weighted by molar-refractivity contribution is 0.120. The number of nitrogens with one attached hydrogen (secondary N) is 1. The van der Waals surface area contributed by atoms with Gasteiger partial charge in [0.15, 0.2) is 0 Å². The molecule has 1 aromatic carbocycles. The SMILES string of the molecule is CC(C)CC(CO)(NC1CCCCCC1)c1ccccc1. The first kappa shape index (κ1) is 16.5. The summed E-state index contributed by atoms with van der Waals surface area (Å²) in [5.41, 5.74) is 0.940. The van der Waals surface area contributed by atoms with Crippen LogP contribution in [0.4, 0.5) is 0 Å². The molecule has 0 heterocycles. The van der Waals surface area contributed by atoms with Gasteiger partial charge in [-0.2, -0.15) is 0 Å². The van der Waals surface area contributed by atoms with Crippen LogP contribution in [0.1, 0.15) is 64.4 Å². The Morgan fingerprint density at radius 2 is 1.71 bits per heavy atom. The quantitative estimate of drug-likeness (QED) is 0.768. The van der Waals surface area contributed by atoms with Crippen LogP contribution in [0.3, 0.4) is 0 Å². The fraction of sp³-hybridized carbons (Fsp3) is 0.684. The number of aliphatic hydroxyl groups excluding tert-OH is 1. The molecule has 1 fully saturated rings. The molecule has 0 aromatic heterocycles.